The van der Waals surface area contributed by atoms with Gasteiger partial charge in [-0.25, -0.2) is 0 Å². The van der Waals surface area contributed by atoms with Gasteiger partial charge in [-0.15, -0.1) is 0 Å². The molecule has 0 radical (unpaired) electrons. The number of anilines is 1. The molecule has 0 spiro atoms. The van der Waals surface area contributed by atoms with Gasteiger partial charge >= 0.3 is 0 Å². The Morgan fingerprint density at radius 3 is 2.50 bits per heavy atom. The van der Waals surface area contributed by atoms with Crippen LogP contribution in [0.15, 0.2) is 42.5 Å². The number of halogens is 1. The van der Waals surface area contributed by atoms with E-state index in [-0.39, 0.29) is 12.0 Å². The summed E-state index contributed by atoms with van der Waals surface area (Å²) in [5.41, 5.74) is 1.02. The van der Waals surface area contributed by atoms with Crippen molar-refractivity contribution < 1.29 is 14.3 Å². The second-order valence-corrected chi connectivity index (χ2v) is 7.58. The molecule has 0 aliphatic carbocycles. The van der Waals surface area contributed by atoms with E-state index < -0.39 is 5.41 Å². The molecule has 0 unspecified atom stereocenters. The van der Waals surface area contributed by atoms with Gasteiger partial charge in [0.1, 0.15) is 11.8 Å². The van der Waals surface area contributed by atoms with Crippen molar-refractivity contribution in [2.45, 2.75) is 38.2 Å². The molecular formula is C22H23ClN2O3. The Labute approximate surface area is 170 Å². The number of nitrogens with zero attached hydrogens (tertiary/aromatic N) is 1. The van der Waals surface area contributed by atoms with Crippen molar-refractivity contribution in [1.29, 1.82) is 5.26 Å². The molecule has 6 heteroatoms. The molecular weight excluding hydrogens is 376 g/mol. The van der Waals surface area contributed by atoms with Crippen molar-refractivity contribution >= 4 is 23.2 Å². The third-order valence-electron chi connectivity index (χ3n) is 4.91. The van der Waals surface area contributed by atoms with Gasteiger partial charge in [-0.1, -0.05) is 23.7 Å². The molecule has 1 amide bonds. The zero-order valence-electron chi connectivity index (χ0n) is 16.0. The van der Waals surface area contributed by atoms with Gasteiger partial charge in [-0.3, -0.25) is 4.79 Å². The number of carbonyl (C=O) groups is 1. The van der Waals surface area contributed by atoms with Gasteiger partial charge in [0.05, 0.1) is 22.8 Å². The number of hydrogen-bond acceptors (Lipinski definition) is 4. The lowest BCUT2D eigenvalue weighted by atomic mass is 9.73. The maximum absolute atomic E-state index is 13.4. The van der Waals surface area contributed by atoms with Crippen molar-refractivity contribution in [1.82, 2.24) is 0 Å². The Morgan fingerprint density at radius 1 is 1.21 bits per heavy atom. The second-order valence-electron chi connectivity index (χ2n) is 7.14. The summed E-state index contributed by atoms with van der Waals surface area (Å²) in [7, 11) is 0. The van der Waals surface area contributed by atoms with Gasteiger partial charge in [-0.2, -0.15) is 5.26 Å². The number of amides is 1. The van der Waals surface area contributed by atoms with Gasteiger partial charge < -0.3 is 14.8 Å². The van der Waals surface area contributed by atoms with E-state index in [0.29, 0.717) is 48.1 Å². The Kier molecular flexibility index (Phi) is 6.23. The first-order valence-electron chi connectivity index (χ1n) is 9.31. The molecule has 0 bridgehead atoms. The Balaban J connectivity index is 1.90. The highest BCUT2D eigenvalue weighted by Gasteiger charge is 2.42. The van der Waals surface area contributed by atoms with Crippen LogP contribution in [-0.2, 0) is 14.9 Å². The van der Waals surface area contributed by atoms with E-state index >= 15 is 0 Å². The van der Waals surface area contributed by atoms with Crippen LogP contribution in [0.1, 0.15) is 37.8 Å². The Morgan fingerprint density at radius 2 is 1.89 bits per heavy atom. The molecule has 0 atom stereocenters. The van der Waals surface area contributed by atoms with E-state index in [1.165, 1.54) is 0 Å². The van der Waals surface area contributed by atoms with Crippen molar-refractivity contribution in [2.75, 3.05) is 18.5 Å². The van der Waals surface area contributed by atoms with Crippen LogP contribution < -0.4 is 10.1 Å². The first kappa shape index (κ1) is 20.2. The number of carbonyl (C=O) groups excluding carboxylic acids is 1. The van der Waals surface area contributed by atoms with Crippen LogP contribution in [0.3, 0.4) is 0 Å². The molecule has 1 aliphatic heterocycles. The van der Waals surface area contributed by atoms with E-state index in [2.05, 4.69) is 11.4 Å². The summed E-state index contributed by atoms with van der Waals surface area (Å²) in [6.45, 7) is 4.84. The Bertz CT molecular complexity index is 882. The summed E-state index contributed by atoms with van der Waals surface area (Å²) in [4.78, 5) is 13.4. The molecule has 0 aromatic heterocycles. The van der Waals surface area contributed by atoms with Gasteiger partial charge in [-0.05, 0) is 56.5 Å². The standard InChI is InChI=1S/C22H23ClN2O3/c1-15(2)28-19-7-8-20(16(13-19)14-24)25-21(26)22(9-11-27-12-10-22)17-3-5-18(23)6-4-17/h3-8,13,15H,9-12H2,1-2H3,(H,25,26). The summed E-state index contributed by atoms with van der Waals surface area (Å²) < 4.78 is 11.1. The van der Waals surface area contributed by atoms with Gasteiger partial charge in [0.2, 0.25) is 5.91 Å². The van der Waals surface area contributed by atoms with Gasteiger partial charge in [0.15, 0.2) is 0 Å². The monoisotopic (exact) mass is 398 g/mol. The molecule has 2 aromatic carbocycles. The quantitative estimate of drug-likeness (QED) is 0.793. The minimum Gasteiger partial charge on any atom is -0.491 e. The fourth-order valence-electron chi connectivity index (χ4n) is 3.45. The topological polar surface area (TPSA) is 71.3 Å². The number of nitrogens with one attached hydrogen (secondary N) is 1. The molecule has 1 heterocycles. The van der Waals surface area contributed by atoms with Crippen LogP contribution in [-0.4, -0.2) is 25.2 Å². The summed E-state index contributed by atoms with van der Waals surface area (Å²) in [6.07, 6.45) is 1.13. The third-order valence-corrected chi connectivity index (χ3v) is 5.16. The lowest BCUT2D eigenvalue weighted by Crippen LogP contribution is -2.45. The Hall–Kier alpha value is -2.55. The number of rotatable bonds is 5. The molecule has 5 nitrogen and oxygen atoms in total. The average molecular weight is 399 g/mol. The summed E-state index contributed by atoms with van der Waals surface area (Å²) >= 11 is 6.02. The van der Waals surface area contributed by atoms with E-state index in [9.17, 15) is 10.1 Å². The summed E-state index contributed by atoms with van der Waals surface area (Å²) in [6, 6.07) is 14.6. The maximum Gasteiger partial charge on any atom is 0.235 e. The van der Waals surface area contributed by atoms with Crippen molar-refractivity contribution in [3.63, 3.8) is 0 Å². The minimum absolute atomic E-state index is 0.00222. The maximum atomic E-state index is 13.4. The van der Waals surface area contributed by atoms with Crippen LogP contribution >= 0.6 is 11.6 Å². The highest BCUT2D eigenvalue weighted by Crippen LogP contribution is 2.37. The average Bonchev–Trinajstić information content (AvgIpc) is 2.69. The first-order chi connectivity index (χ1) is 13.4. The third kappa shape index (κ3) is 4.30. The fraction of sp³-hybridized carbons (Fsp3) is 0.364. The lowest BCUT2D eigenvalue weighted by Gasteiger charge is -2.36. The van der Waals surface area contributed by atoms with Crippen LogP contribution in [0.2, 0.25) is 5.02 Å². The van der Waals surface area contributed by atoms with Gasteiger partial charge in [0, 0.05) is 24.3 Å². The van der Waals surface area contributed by atoms with E-state index in [4.69, 9.17) is 21.1 Å². The number of hydrogen-bond donors (Lipinski definition) is 1. The summed E-state index contributed by atoms with van der Waals surface area (Å²) in [5.74, 6) is 0.454. The van der Waals surface area contributed by atoms with Crippen LogP contribution in [0.4, 0.5) is 5.69 Å². The molecule has 28 heavy (non-hydrogen) atoms. The van der Waals surface area contributed by atoms with Crippen LogP contribution in [0.25, 0.3) is 0 Å². The fourth-order valence-corrected chi connectivity index (χ4v) is 3.57. The zero-order valence-corrected chi connectivity index (χ0v) is 16.8. The second kappa shape index (κ2) is 8.64. The smallest absolute Gasteiger partial charge is 0.235 e. The molecule has 0 saturated carbocycles. The highest BCUT2D eigenvalue weighted by molar-refractivity contribution is 6.30. The van der Waals surface area contributed by atoms with Crippen LogP contribution in [0.5, 0.6) is 5.75 Å². The van der Waals surface area contributed by atoms with E-state index in [1.807, 2.05) is 26.0 Å². The molecule has 1 N–H and O–H groups in total. The van der Waals surface area contributed by atoms with E-state index in [0.717, 1.165) is 5.56 Å². The lowest BCUT2D eigenvalue weighted by molar-refractivity contribution is -0.125. The molecule has 3 rings (SSSR count). The number of nitriles is 1. The SMILES string of the molecule is CC(C)Oc1ccc(NC(=O)C2(c3ccc(Cl)cc3)CCOCC2)c(C#N)c1. The molecule has 1 aliphatic rings. The normalized spacial score (nSPS) is 15.7. The van der Waals surface area contributed by atoms with Crippen molar-refractivity contribution in [2.24, 2.45) is 0 Å². The van der Waals surface area contributed by atoms with E-state index in [1.54, 1.807) is 30.3 Å². The molecule has 2 aromatic rings. The minimum atomic E-state index is -0.720. The highest BCUT2D eigenvalue weighted by atomic mass is 35.5. The molecule has 1 fully saturated rings. The molecule has 1 saturated heterocycles. The van der Waals surface area contributed by atoms with Crippen LogP contribution in [0, 0.1) is 11.3 Å². The predicted molar refractivity (Wildman–Crippen MR) is 109 cm³/mol. The number of ether oxygens (including phenoxy) is 2. The number of benzene rings is 2. The van der Waals surface area contributed by atoms with Gasteiger partial charge in [0.25, 0.3) is 0 Å². The molecule has 146 valence electrons. The summed E-state index contributed by atoms with van der Waals surface area (Å²) in [5, 5.41) is 13.1. The zero-order chi connectivity index (χ0) is 20.1. The van der Waals surface area contributed by atoms with Crippen molar-refractivity contribution in [3.05, 3.63) is 58.6 Å². The predicted octanol–water partition coefficient (Wildman–Crippen LogP) is 4.69. The largest absolute Gasteiger partial charge is 0.491 e. The van der Waals surface area contributed by atoms with Crippen molar-refractivity contribution in [3.8, 4) is 11.8 Å². The first-order valence-corrected chi connectivity index (χ1v) is 9.68.